The van der Waals surface area contributed by atoms with E-state index >= 15 is 0 Å². The first kappa shape index (κ1) is 17.3. The maximum Gasteiger partial charge on any atom is 0.470 e. The van der Waals surface area contributed by atoms with E-state index in [1.807, 2.05) is 0 Å². The third kappa shape index (κ3) is 4.92. The Balaban J connectivity index is 3.19. The van der Waals surface area contributed by atoms with Gasteiger partial charge in [-0.15, -0.1) is 0 Å². The normalized spacial score (nSPS) is 14.6. The molecular formula is C10H9Cl4O4P. The van der Waals surface area contributed by atoms with Gasteiger partial charge in [0.25, 0.3) is 0 Å². The zero-order chi connectivity index (χ0) is 14.8. The number of rotatable bonds is 4. The summed E-state index contributed by atoms with van der Waals surface area (Å²) in [6, 6.07) is 2.85. The molecule has 0 aliphatic rings. The molecule has 4 nitrogen and oxygen atoms in total. The number of hydrogen-bond acceptors (Lipinski definition) is 2. The molecule has 2 N–H and O–H groups in total. The summed E-state index contributed by atoms with van der Waals surface area (Å²) in [5.74, 6) is 0. The van der Waals surface area contributed by atoms with Gasteiger partial charge >= 0.3 is 7.82 Å². The van der Waals surface area contributed by atoms with E-state index in [9.17, 15) is 4.57 Å². The Labute approximate surface area is 130 Å². The molecule has 1 unspecified atom stereocenters. The molecule has 1 aromatic rings. The molecule has 0 fully saturated rings. The van der Waals surface area contributed by atoms with Crippen molar-refractivity contribution in [3.05, 3.63) is 38.3 Å². The first-order valence-electron chi connectivity index (χ1n) is 4.85. The van der Waals surface area contributed by atoms with E-state index in [2.05, 4.69) is 4.52 Å². The highest BCUT2D eigenvalue weighted by atomic mass is 35.5. The Kier molecular flexibility index (Phi) is 6.18. The van der Waals surface area contributed by atoms with Gasteiger partial charge in [0.2, 0.25) is 0 Å². The third-order valence-electron chi connectivity index (χ3n) is 2.17. The monoisotopic (exact) mass is 364 g/mol. The maximum atomic E-state index is 10.8. The summed E-state index contributed by atoms with van der Waals surface area (Å²) in [6.45, 7) is 1.42. The first-order chi connectivity index (χ1) is 8.65. The van der Waals surface area contributed by atoms with Gasteiger partial charge in [0.15, 0.2) is 0 Å². The van der Waals surface area contributed by atoms with Crippen LogP contribution in [0.4, 0.5) is 0 Å². The second-order valence-electron chi connectivity index (χ2n) is 3.55. The molecule has 0 amide bonds. The minimum absolute atomic E-state index is 0.237. The van der Waals surface area contributed by atoms with Crippen LogP contribution in [0.5, 0.6) is 0 Å². The van der Waals surface area contributed by atoms with Gasteiger partial charge in [-0.05, 0) is 19.1 Å². The van der Waals surface area contributed by atoms with Gasteiger partial charge in [-0.3, -0.25) is 4.52 Å². The van der Waals surface area contributed by atoms with Crippen molar-refractivity contribution < 1.29 is 18.9 Å². The van der Waals surface area contributed by atoms with Crippen LogP contribution in [-0.2, 0) is 9.09 Å². The molecule has 0 heterocycles. The molecule has 0 saturated heterocycles. The molecule has 1 aromatic carbocycles. The van der Waals surface area contributed by atoms with Crippen molar-refractivity contribution in [3.8, 4) is 0 Å². The average Bonchev–Trinajstić information content (AvgIpc) is 2.23. The molecule has 0 radical (unpaired) electrons. The summed E-state index contributed by atoms with van der Waals surface area (Å²) in [5, 5.41) is 0.732. The van der Waals surface area contributed by atoms with Crippen molar-refractivity contribution in [2.24, 2.45) is 0 Å². The number of halogens is 4. The van der Waals surface area contributed by atoms with Gasteiger partial charge in [-0.2, -0.15) is 0 Å². The van der Waals surface area contributed by atoms with Crippen molar-refractivity contribution in [2.45, 2.75) is 13.0 Å². The number of benzene rings is 1. The number of hydrogen-bond donors (Lipinski definition) is 2. The standard InChI is InChI=1S/C10H9Cl4O4P/c1-5(18-19(15,16)17)7(4-11)6-2-9(13)10(14)3-8(6)12/h2-5H,1H3,(H2,15,16,17). The lowest BCUT2D eigenvalue weighted by atomic mass is 10.0. The molecule has 1 rings (SSSR count). The topological polar surface area (TPSA) is 66.8 Å². The van der Waals surface area contributed by atoms with Crippen LogP contribution in [0.15, 0.2) is 17.7 Å². The van der Waals surface area contributed by atoms with Gasteiger partial charge in [0, 0.05) is 21.7 Å². The molecule has 106 valence electrons. The van der Waals surface area contributed by atoms with E-state index in [-0.39, 0.29) is 20.6 Å². The summed E-state index contributed by atoms with van der Waals surface area (Å²) in [4.78, 5) is 17.6. The summed E-state index contributed by atoms with van der Waals surface area (Å²) in [5.41, 5.74) is 1.77. The quantitative estimate of drug-likeness (QED) is 0.598. The van der Waals surface area contributed by atoms with E-state index < -0.39 is 13.9 Å². The first-order valence-corrected chi connectivity index (χ1v) is 7.95. The van der Waals surface area contributed by atoms with E-state index in [1.165, 1.54) is 19.1 Å². The lowest BCUT2D eigenvalue weighted by Gasteiger charge is -2.18. The van der Waals surface area contributed by atoms with Gasteiger partial charge in [-0.1, -0.05) is 46.4 Å². The van der Waals surface area contributed by atoms with Crippen LogP contribution < -0.4 is 0 Å². The van der Waals surface area contributed by atoms with Gasteiger partial charge in [0.1, 0.15) is 0 Å². The number of phosphoric acid groups is 1. The summed E-state index contributed by atoms with van der Waals surface area (Å²) in [6.07, 6.45) is -0.979. The zero-order valence-corrected chi connectivity index (χ0v) is 13.4. The molecule has 0 saturated carbocycles. The molecule has 0 aromatic heterocycles. The van der Waals surface area contributed by atoms with Crippen LogP contribution >= 0.6 is 54.2 Å². The Hall–Kier alpha value is 0.230. The van der Waals surface area contributed by atoms with Gasteiger partial charge in [-0.25, -0.2) is 4.57 Å². The summed E-state index contributed by atoms with van der Waals surface area (Å²) >= 11 is 23.3. The molecule has 0 bridgehead atoms. The molecule has 1 atom stereocenters. The predicted molar refractivity (Wildman–Crippen MR) is 77.9 cm³/mol. The molecule has 0 spiro atoms. The van der Waals surface area contributed by atoms with E-state index in [0.29, 0.717) is 5.56 Å². The third-order valence-corrected chi connectivity index (χ3v) is 4.03. The van der Waals surface area contributed by atoms with Gasteiger partial charge in [0.05, 0.1) is 16.1 Å². The highest BCUT2D eigenvalue weighted by Gasteiger charge is 2.24. The molecule has 0 aliphatic heterocycles. The van der Waals surface area contributed by atoms with Crippen LogP contribution in [0.3, 0.4) is 0 Å². The Morgan fingerprint density at radius 2 is 1.79 bits per heavy atom. The van der Waals surface area contributed by atoms with Crippen molar-refractivity contribution >= 4 is 59.8 Å². The fourth-order valence-electron chi connectivity index (χ4n) is 1.37. The minimum atomic E-state index is -4.65. The lowest BCUT2D eigenvalue weighted by Crippen LogP contribution is -2.09. The van der Waals surface area contributed by atoms with E-state index in [0.717, 1.165) is 5.54 Å². The van der Waals surface area contributed by atoms with Crippen LogP contribution in [-0.4, -0.2) is 15.9 Å². The Morgan fingerprint density at radius 1 is 1.26 bits per heavy atom. The van der Waals surface area contributed by atoms with Crippen LogP contribution in [0.2, 0.25) is 15.1 Å². The maximum absolute atomic E-state index is 10.8. The molecule has 19 heavy (non-hydrogen) atoms. The van der Waals surface area contributed by atoms with E-state index in [1.54, 1.807) is 0 Å². The van der Waals surface area contributed by atoms with Gasteiger partial charge < -0.3 is 9.79 Å². The average molecular weight is 366 g/mol. The smallest absolute Gasteiger partial charge is 0.303 e. The van der Waals surface area contributed by atoms with Crippen molar-refractivity contribution in [3.63, 3.8) is 0 Å². The largest absolute Gasteiger partial charge is 0.470 e. The summed E-state index contributed by atoms with van der Waals surface area (Å²) in [7, 11) is -4.65. The fourth-order valence-corrected chi connectivity index (χ4v) is 2.85. The summed E-state index contributed by atoms with van der Waals surface area (Å²) < 4.78 is 15.4. The molecule has 0 aliphatic carbocycles. The van der Waals surface area contributed by atoms with E-state index in [4.69, 9.17) is 56.2 Å². The van der Waals surface area contributed by atoms with Crippen molar-refractivity contribution in [1.29, 1.82) is 0 Å². The molecular weight excluding hydrogens is 357 g/mol. The van der Waals surface area contributed by atoms with Crippen LogP contribution in [0.1, 0.15) is 12.5 Å². The highest BCUT2D eigenvalue weighted by Crippen LogP contribution is 2.42. The SMILES string of the molecule is CC(OP(=O)(O)O)C(=CCl)c1cc(Cl)c(Cl)cc1Cl. The number of phosphoric ester groups is 1. The Bertz CT molecular complexity index is 555. The second kappa shape index (κ2) is 6.79. The second-order valence-corrected chi connectivity index (χ2v) is 6.18. The highest BCUT2D eigenvalue weighted by molar-refractivity contribution is 7.46. The fraction of sp³-hybridized carbons (Fsp3) is 0.200. The van der Waals surface area contributed by atoms with Crippen LogP contribution in [0, 0.1) is 0 Å². The van der Waals surface area contributed by atoms with Crippen molar-refractivity contribution in [1.82, 2.24) is 0 Å². The lowest BCUT2D eigenvalue weighted by molar-refractivity contribution is 0.176. The zero-order valence-electron chi connectivity index (χ0n) is 9.48. The molecule has 9 heteroatoms. The van der Waals surface area contributed by atoms with Crippen molar-refractivity contribution in [2.75, 3.05) is 0 Å². The van der Waals surface area contributed by atoms with Crippen LogP contribution in [0.25, 0.3) is 5.57 Å². The predicted octanol–water partition coefficient (Wildman–Crippen LogP) is 4.72. The Morgan fingerprint density at radius 3 is 2.26 bits per heavy atom. The minimum Gasteiger partial charge on any atom is -0.303 e.